The van der Waals surface area contributed by atoms with Gasteiger partial charge in [-0.15, -0.1) is 0 Å². The molecule has 0 aliphatic carbocycles. The second-order valence-electron chi connectivity index (χ2n) is 5.83. The highest BCUT2D eigenvalue weighted by molar-refractivity contribution is 5.92. The smallest absolute Gasteiger partial charge is 0.357 e. The van der Waals surface area contributed by atoms with Gasteiger partial charge in [-0.05, 0) is 37.6 Å². The fourth-order valence-corrected chi connectivity index (χ4v) is 2.51. The summed E-state index contributed by atoms with van der Waals surface area (Å²) < 4.78 is 9.81. The zero-order valence-corrected chi connectivity index (χ0v) is 16.2. The predicted molar refractivity (Wildman–Crippen MR) is 103 cm³/mol. The first-order chi connectivity index (χ1) is 14.0. The highest BCUT2D eigenvalue weighted by Crippen LogP contribution is 2.22. The van der Waals surface area contributed by atoms with Gasteiger partial charge in [0.2, 0.25) is 0 Å². The molecular formula is C20H19N5O4. The molecule has 3 aromatic heterocycles. The monoisotopic (exact) mass is 393 g/mol. The lowest BCUT2D eigenvalue weighted by Gasteiger charge is -2.08. The molecule has 0 bridgehead atoms. The zero-order chi connectivity index (χ0) is 20.8. The normalized spacial score (nSPS) is 10.4. The van der Waals surface area contributed by atoms with E-state index < -0.39 is 11.9 Å². The van der Waals surface area contributed by atoms with Crippen molar-refractivity contribution in [3.8, 4) is 23.0 Å². The lowest BCUT2D eigenvalue weighted by atomic mass is 10.1. The predicted octanol–water partition coefficient (Wildman–Crippen LogP) is 2.52. The minimum absolute atomic E-state index is 0.0906. The van der Waals surface area contributed by atoms with Crippen LogP contribution in [-0.2, 0) is 15.9 Å². The molecule has 0 aliphatic rings. The number of hydrogen-bond donors (Lipinski definition) is 0. The summed E-state index contributed by atoms with van der Waals surface area (Å²) in [5, 5.41) is 0. The van der Waals surface area contributed by atoms with E-state index in [9.17, 15) is 9.59 Å². The van der Waals surface area contributed by atoms with E-state index in [-0.39, 0.29) is 29.4 Å². The Kier molecular flexibility index (Phi) is 6.18. The third-order valence-electron chi connectivity index (χ3n) is 3.92. The number of esters is 2. The van der Waals surface area contributed by atoms with Crippen molar-refractivity contribution in [2.75, 3.05) is 13.7 Å². The SMILES string of the molecule is CCOC(=O)c1ccnc(-c2cc(C(=O)OC)cc(-c3nccc(CC)n3)n2)n1. The maximum absolute atomic E-state index is 12.2. The Morgan fingerprint density at radius 2 is 1.55 bits per heavy atom. The van der Waals surface area contributed by atoms with E-state index in [1.165, 1.54) is 25.4 Å². The molecule has 0 radical (unpaired) electrons. The van der Waals surface area contributed by atoms with Crippen molar-refractivity contribution in [3.05, 3.63) is 53.6 Å². The molecule has 3 rings (SSSR count). The number of rotatable bonds is 6. The van der Waals surface area contributed by atoms with Crippen molar-refractivity contribution in [1.29, 1.82) is 0 Å². The molecule has 0 saturated heterocycles. The number of carbonyl (C=O) groups is 2. The molecule has 0 saturated carbocycles. The van der Waals surface area contributed by atoms with Crippen LogP contribution in [0.3, 0.4) is 0 Å². The average molecular weight is 393 g/mol. The summed E-state index contributed by atoms with van der Waals surface area (Å²) in [6, 6.07) is 6.28. The van der Waals surface area contributed by atoms with Crippen molar-refractivity contribution in [1.82, 2.24) is 24.9 Å². The molecule has 0 aliphatic heterocycles. The van der Waals surface area contributed by atoms with Gasteiger partial charge in [-0.2, -0.15) is 0 Å². The van der Waals surface area contributed by atoms with E-state index in [4.69, 9.17) is 9.47 Å². The lowest BCUT2D eigenvalue weighted by molar-refractivity contribution is 0.0518. The van der Waals surface area contributed by atoms with Gasteiger partial charge >= 0.3 is 11.9 Å². The Morgan fingerprint density at radius 3 is 2.17 bits per heavy atom. The number of nitrogens with zero attached hydrogens (tertiary/aromatic N) is 5. The van der Waals surface area contributed by atoms with Crippen LogP contribution in [0.5, 0.6) is 0 Å². The maximum atomic E-state index is 12.2. The van der Waals surface area contributed by atoms with Gasteiger partial charge < -0.3 is 9.47 Å². The van der Waals surface area contributed by atoms with Gasteiger partial charge in [-0.1, -0.05) is 6.92 Å². The number of aromatic nitrogens is 5. The summed E-state index contributed by atoms with van der Waals surface area (Å²) >= 11 is 0. The van der Waals surface area contributed by atoms with Crippen LogP contribution >= 0.6 is 0 Å². The molecule has 0 fully saturated rings. The summed E-state index contributed by atoms with van der Waals surface area (Å²) in [6.07, 6.45) is 3.78. The van der Waals surface area contributed by atoms with Crippen molar-refractivity contribution in [2.24, 2.45) is 0 Å². The van der Waals surface area contributed by atoms with Crippen molar-refractivity contribution in [2.45, 2.75) is 20.3 Å². The van der Waals surface area contributed by atoms with Crippen LogP contribution in [0.1, 0.15) is 40.4 Å². The van der Waals surface area contributed by atoms with E-state index in [0.29, 0.717) is 11.5 Å². The number of ether oxygens (including phenoxy) is 2. The van der Waals surface area contributed by atoms with E-state index in [1.54, 1.807) is 25.3 Å². The summed E-state index contributed by atoms with van der Waals surface area (Å²) in [6.45, 7) is 3.91. The molecule has 148 valence electrons. The molecule has 29 heavy (non-hydrogen) atoms. The van der Waals surface area contributed by atoms with Crippen molar-refractivity contribution >= 4 is 11.9 Å². The Balaban J connectivity index is 2.12. The van der Waals surface area contributed by atoms with Crippen LogP contribution in [-0.4, -0.2) is 50.6 Å². The Bertz CT molecular complexity index is 1050. The average Bonchev–Trinajstić information content (AvgIpc) is 2.78. The maximum Gasteiger partial charge on any atom is 0.357 e. The highest BCUT2D eigenvalue weighted by atomic mass is 16.5. The van der Waals surface area contributed by atoms with Gasteiger partial charge in [0, 0.05) is 18.1 Å². The first-order valence-electron chi connectivity index (χ1n) is 8.99. The zero-order valence-electron chi connectivity index (χ0n) is 16.2. The van der Waals surface area contributed by atoms with E-state index in [1.807, 2.05) is 6.92 Å². The standard InChI is InChI=1S/C20H19N5O4/c1-4-13-6-8-21-17(23-13)15-10-12(19(26)28-3)11-16(24-15)18-22-9-7-14(25-18)20(27)29-5-2/h6-11H,4-5H2,1-3H3. The molecule has 9 heteroatoms. The van der Waals surface area contributed by atoms with Crippen LogP contribution < -0.4 is 0 Å². The highest BCUT2D eigenvalue weighted by Gasteiger charge is 2.17. The molecule has 0 spiro atoms. The molecule has 3 aromatic rings. The Morgan fingerprint density at radius 1 is 0.897 bits per heavy atom. The second-order valence-corrected chi connectivity index (χ2v) is 5.83. The molecule has 0 N–H and O–H groups in total. The van der Waals surface area contributed by atoms with Crippen LogP contribution in [0, 0.1) is 0 Å². The third-order valence-corrected chi connectivity index (χ3v) is 3.92. The van der Waals surface area contributed by atoms with Crippen LogP contribution in [0.4, 0.5) is 0 Å². The number of pyridine rings is 1. The number of methoxy groups -OCH3 is 1. The van der Waals surface area contributed by atoms with Gasteiger partial charge in [-0.3, -0.25) is 0 Å². The van der Waals surface area contributed by atoms with Crippen LogP contribution in [0.25, 0.3) is 23.0 Å². The van der Waals surface area contributed by atoms with Crippen LogP contribution in [0.2, 0.25) is 0 Å². The Hall–Kier alpha value is -3.75. The van der Waals surface area contributed by atoms with Gasteiger partial charge in [-0.25, -0.2) is 34.5 Å². The van der Waals surface area contributed by atoms with Crippen LogP contribution in [0.15, 0.2) is 36.7 Å². The summed E-state index contributed by atoms with van der Waals surface area (Å²) in [5.74, 6) is -0.602. The number of carbonyl (C=O) groups excluding carboxylic acids is 2. The quantitative estimate of drug-likeness (QED) is 0.582. The molecule has 9 nitrogen and oxygen atoms in total. The van der Waals surface area contributed by atoms with Gasteiger partial charge in [0.15, 0.2) is 17.3 Å². The first kappa shape index (κ1) is 20.0. The summed E-state index contributed by atoms with van der Waals surface area (Å²) in [5.41, 5.74) is 1.81. The minimum Gasteiger partial charge on any atom is -0.465 e. The second kappa shape index (κ2) is 8.96. The largest absolute Gasteiger partial charge is 0.465 e. The molecule has 0 amide bonds. The van der Waals surface area contributed by atoms with E-state index >= 15 is 0 Å². The molecular weight excluding hydrogens is 374 g/mol. The minimum atomic E-state index is -0.570. The fraction of sp³-hybridized carbons (Fsp3) is 0.250. The summed E-state index contributed by atoms with van der Waals surface area (Å²) in [7, 11) is 1.29. The van der Waals surface area contributed by atoms with Gasteiger partial charge in [0.05, 0.1) is 19.3 Å². The lowest BCUT2D eigenvalue weighted by Crippen LogP contribution is -2.09. The van der Waals surface area contributed by atoms with Crippen molar-refractivity contribution < 1.29 is 19.1 Å². The number of aryl methyl sites for hydroxylation is 1. The topological polar surface area (TPSA) is 117 Å². The fourth-order valence-electron chi connectivity index (χ4n) is 2.51. The van der Waals surface area contributed by atoms with E-state index in [2.05, 4.69) is 24.9 Å². The van der Waals surface area contributed by atoms with Crippen molar-refractivity contribution in [3.63, 3.8) is 0 Å². The number of hydrogen-bond acceptors (Lipinski definition) is 9. The molecule has 0 atom stereocenters. The molecule has 3 heterocycles. The molecule has 0 unspecified atom stereocenters. The Labute approximate surface area is 167 Å². The van der Waals surface area contributed by atoms with Gasteiger partial charge in [0.25, 0.3) is 0 Å². The summed E-state index contributed by atoms with van der Waals surface area (Å²) in [4.78, 5) is 45.7. The van der Waals surface area contributed by atoms with E-state index in [0.717, 1.165) is 12.1 Å². The third kappa shape index (κ3) is 4.57. The molecule has 0 aromatic carbocycles. The first-order valence-corrected chi connectivity index (χ1v) is 8.99. The van der Waals surface area contributed by atoms with Gasteiger partial charge in [0.1, 0.15) is 11.4 Å².